The van der Waals surface area contributed by atoms with Crippen LogP contribution in [-0.2, 0) is 14.8 Å². The van der Waals surface area contributed by atoms with Crippen molar-refractivity contribution >= 4 is 21.6 Å². The molecule has 136 valence electrons. The summed E-state index contributed by atoms with van der Waals surface area (Å²) in [5, 5.41) is 2.76. The molecule has 7 heteroatoms. The normalized spacial score (nSPS) is 11.6. The molecular weight excluding hydrogens is 328 g/mol. The molecule has 6 nitrogen and oxygen atoms in total. The van der Waals surface area contributed by atoms with E-state index in [0.29, 0.717) is 17.9 Å². The third-order valence-corrected chi connectivity index (χ3v) is 4.31. The maximum Gasteiger partial charge on any atom is 0.232 e. The number of sulfonamides is 1. The molecule has 0 unspecified atom stereocenters. The molecule has 0 spiro atoms. The molecule has 1 N–H and O–H groups in total. The first-order valence-corrected chi connectivity index (χ1v) is 9.96. The van der Waals surface area contributed by atoms with E-state index in [1.165, 1.54) is 4.31 Å². The van der Waals surface area contributed by atoms with Gasteiger partial charge in [-0.1, -0.05) is 26.0 Å². The molecule has 0 heterocycles. The van der Waals surface area contributed by atoms with Gasteiger partial charge in [-0.05, 0) is 31.9 Å². The number of anilines is 1. The molecule has 0 saturated carbocycles. The monoisotopic (exact) mass is 356 g/mol. The zero-order chi connectivity index (χ0) is 18.3. The number of amides is 1. The van der Waals surface area contributed by atoms with Gasteiger partial charge in [0.05, 0.1) is 24.6 Å². The summed E-state index contributed by atoms with van der Waals surface area (Å²) in [6.45, 7) is 8.08. The van der Waals surface area contributed by atoms with Gasteiger partial charge >= 0.3 is 0 Å². The van der Waals surface area contributed by atoms with E-state index in [1.807, 2.05) is 27.7 Å². The van der Waals surface area contributed by atoms with Crippen molar-refractivity contribution in [3.63, 3.8) is 0 Å². The Morgan fingerprint density at radius 2 is 1.83 bits per heavy atom. The average molecular weight is 356 g/mol. The van der Waals surface area contributed by atoms with Crippen LogP contribution in [0.1, 0.15) is 34.1 Å². The van der Waals surface area contributed by atoms with Crippen molar-refractivity contribution in [1.82, 2.24) is 5.32 Å². The number of para-hydroxylation sites is 2. The van der Waals surface area contributed by atoms with E-state index in [-0.39, 0.29) is 31.0 Å². The third-order valence-electron chi connectivity index (χ3n) is 3.13. The number of nitrogens with zero attached hydrogens (tertiary/aromatic N) is 1. The van der Waals surface area contributed by atoms with Gasteiger partial charge in [-0.15, -0.1) is 0 Å². The molecule has 0 bridgehead atoms. The number of ether oxygens (including phenoxy) is 1. The first-order valence-electron chi connectivity index (χ1n) is 8.11. The fourth-order valence-electron chi connectivity index (χ4n) is 2.22. The summed E-state index contributed by atoms with van der Waals surface area (Å²) >= 11 is 0. The fraction of sp³-hybridized carbons (Fsp3) is 0.588. The number of carbonyl (C=O) groups excluding carboxylic acids is 1. The van der Waals surface area contributed by atoms with Gasteiger partial charge in [0.1, 0.15) is 5.75 Å². The molecule has 0 aliphatic carbocycles. The predicted molar refractivity (Wildman–Crippen MR) is 96.9 cm³/mol. The minimum Gasteiger partial charge on any atom is -0.489 e. The van der Waals surface area contributed by atoms with Crippen LogP contribution in [0.5, 0.6) is 5.75 Å². The van der Waals surface area contributed by atoms with Crippen molar-refractivity contribution in [2.24, 2.45) is 5.92 Å². The fourth-order valence-corrected chi connectivity index (χ4v) is 3.15. The molecule has 1 amide bonds. The van der Waals surface area contributed by atoms with Crippen molar-refractivity contribution in [1.29, 1.82) is 0 Å². The van der Waals surface area contributed by atoms with Crippen molar-refractivity contribution in [3.8, 4) is 5.75 Å². The summed E-state index contributed by atoms with van der Waals surface area (Å²) in [5.74, 6) is 0.688. The van der Waals surface area contributed by atoms with Crippen LogP contribution in [0.3, 0.4) is 0 Å². The van der Waals surface area contributed by atoms with E-state index in [1.54, 1.807) is 24.3 Å². The van der Waals surface area contributed by atoms with Crippen LogP contribution in [0.4, 0.5) is 5.69 Å². The van der Waals surface area contributed by atoms with Gasteiger partial charge in [-0.25, -0.2) is 8.42 Å². The second kappa shape index (κ2) is 8.92. The zero-order valence-corrected chi connectivity index (χ0v) is 15.9. The molecular formula is C17H28N2O4S. The lowest BCUT2D eigenvalue weighted by molar-refractivity contribution is -0.121. The third kappa shape index (κ3) is 6.78. The summed E-state index contributed by atoms with van der Waals surface area (Å²) in [4.78, 5) is 11.7. The van der Waals surface area contributed by atoms with Gasteiger partial charge in [0.2, 0.25) is 15.9 Å². The first-order chi connectivity index (χ1) is 11.1. The lowest BCUT2D eigenvalue weighted by Gasteiger charge is -2.25. The van der Waals surface area contributed by atoms with Crippen LogP contribution in [0.25, 0.3) is 0 Å². The number of carbonyl (C=O) groups is 1. The summed E-state index contributed by atoms with van der Waals surface area (Å²) in [7, 11) is -3.50. The van der Waals surface area contributed by atoms with Crippen LogP contribution in [0.2, 0.25) is 0 Å². The van der Waals surface area contributed by atoms with Crippen LogP contribution in [-0.4, -0.2) is 39.8 Å². The standard InChI is InChI=1S/C17H28N2O4S/c1-13(2)12-17(20)18-10-11-19(24(5,21)22)15-8-6-7-9-16(15)23-14(3)4/h6-9,13-14H,10-12H2,1-5H3,(H,18,20). The van der Waals surface area contributed by atoms with Gasteiger partial charge in [0.25, 0.3) is 0 Å². The number of hydrogen-bond acceptors (Lipinski definition) is 4. The van der Waals surface area contributed by atoms with Crippen LogP contribution >= 0.6 is 0 Å². The van der Waals surface area contributed by atoms with Gasteiger partial charge in [0.15, 0.2) is 0 Å². The minimum absolute atomic E-state index is 0.0710. The lowest BCUT2D eigenvalue weighted by atomic mass is 10.1. The van der Waals surface area contributed by atoms with Crippen molar-refractivity contribution in [2.45, 2.75) is 40.2 Å². The predicted octanol–water partition coefficient (Wildman–Crippen LogP) is 2.40. The Balaban J connectivity index is 2.90. The molecule has 0 fully saturated rings. The van der Waals surface area contributed by atoms with E-state index in [9.17, 15) is 13.2 Å². The van der Waals surface area contributed by atoms with Gasteiger partial charge < -0.3 is 10.1 Å². The highest BCUT2D eigenvalue weighted by atomic mass is 32.2. The Morgan fingerprint density at radius 1 is 1.21 bits per heavy atom. The molecule has 24 heavy (non-hydrogen) atoms. The smallest absolute Gasteiger partial charge is 0.232 e. The molecule has 1 aromatic rings. The topological polar surface area (TPSA) is 75.7 Å². The van der Waals surface area contributed by atoms with Gasteiger partial charge in [-0.3, -0.25) is 9.10 Å². The van der Waals surface area contributed by atoms with Gasteiger partial charge in [0, 0.05) is 13.0 Å². The number of nitrogens with one attached hydrogen (secondary N) is 1. The van der Waals surface area contributed by atoms with Crippen LogP contribution < -0.4 is 14.4 Å². The maximum atomic E-state index is 12.2. The number of benzene rings is 1. The molecule has 0 saturated heterocycles. The highest BCUT2D eigenvalue weighted by Gasteiger charge is 2.21. The Labute approximate surface area is 145 Å². The first kappa shape index (κ1) is 20.3. The van der Waals surface area contributed by atoms with Gasteiger partial charge in [-0.2, -0.15) is 0 Å². The van der Waals surface area contributed by atoms with E-state index in [0.717, 1.165) is 6.26 Å². The molecule has 0 radical (unpaired) electrons. The van der Waals surface area contributed by atoms with Crippen molar-refractivity contribution in [2.75, 3.05) is 23.7 Å². The SMILES string of the molecule is CC(C)CC(=O)NCCN(c1ccccc1OC(C)C)S(C)(=O)=O. The van der Waals surface area contributed by atoms with E-state index in [2.05, 4.69) is 5.32 Å². The van der Waals surface area contributed by atoms with E-state index < -0.39 is 10.0 Å². The Bertz CT molecular complexity index is 642. The summed E-state index contributed by atoms with van der Waals surface area (Å²) in [5.41, 5.74) is 0.479. The molecule has 0 atom stereocenters. The molecule has 0 aromatic heterocycles. The van der Waals surface area contributed by atoms with Crippen molar-refractivity contribution in [3.05, 3.63) is 24.3 Å². The second-order valence-electron chi connectivity index (χ2n) is 6.42. The summed E-state index contributed by atoms with van der Waals surface area (Å²) in [6, 6.07) is 7.00. The Hall–Kier alpha value is -1.76. The largest absolute Gasteiger partial charge is 0.489 e. The second-order valence-corrected chi connectivity index (χ2v) is 8.32. The summed E-state index contributed by atoms with van der Waals surface area (Å²) in [6.07, 6.45) is 1.50. The maximum absolute atomic E-state index is 12.2. The molecule has 0 aliphatic heterocycles. The zero-order valence-electron chi connectivity index (χ0n) is 15.1. The van der Waals surface area contributed by atoms with Crippen LogP contribution in [0.15, 0.2) is 24.3 Å². The van der Waals surface area contributed by atoms with Crippen molar-refractivity contribution < 1.29 is 17.9 Å². The summed E-state index contributed by atoms with van der Waals surface area (Å²) < 4.78 is 31.3. The number of rotatable bonds is 9. The lowest BCUT2D eigenvalue weighted by Crippen LogP contribution is -2.38. The highest BCUT2D eigenvalue weighted by molar-refractivity contribution is 7.92. The number of hydrogen-bond donors (Lipinski definition) is 1. The molecule has 1 rings (SSSR count). The highest BCUT2D eigenvalue weighted by Crippen LogP contribution is 2.30. The average Bonchev–Trinajstić information content (AvgIpc) is 2.42. The molecule has 1 aromatic carbocycles. The Kier molecular flexibility index (Phi) is 7.54. The van der Waals surface area contributed by atoms with Crippen LogP contribution in [0, 0.1) is 5.92 Å². The van der Waals surface area contributed by atoms with E-state index in [4.69, 9.17) is 4.74 Å². The Morgan fingerprint density at radius 3 is 2.38 bits per heavy atom. The minimum atomic E-state index is -3.50. The molecule has 0 aliphatic rings. The quantitative estimate of drug-likeness (QED) is 0.737. The van der Waals surface area contributed by atoms with E-state index >= 15 is 0 Å².